The van der Waals surface area contributed by atoms with Gasteiger partial charge in [0, 0.05) is 12.6 Å². The minimum atomic E-state index is -0.769. The highest BCUT2D eigenvalue weighted by Gasteiger charge is 2.32. The molecular weight excluding hydrogens is 454 g/mol. The van der Waals surface area contributed by atoms with Crippen LogP contribution in [0.4, 0.5) is 4.79 Å². The summed E-state index contributed by atoms with van der Waals surface area (Å²) in [6.45, 7) is 13.8. The van der Waals surface area contributed by atoms with Crippen LogP contribution in [-0.4, -0.2) is 47.5 Å². The number of unbranched alkanes of at least 4 members (excludes halogenated alkanes) is 4. The van der Waals surface area contributed by atoms with E-state index in [1.807, 2.05) is 31.2 Å². The maximum Gasteiger partial charge on any atom is 0.408 e. The normalized spacial score (nSPS) is 13.0. The van der Waals surface area contributed by atoms with Crippen LogP contribution in [0.3, 0.4) is 0 Å². The average molecular weight is 504 g/mol. The monoisotopic (exact) mass is 503 g/mol. The Morgan fingerprint density at radius 2 is 1.58 bits per heavy atom. The average Bonchev–Trinajstić information content (AvgIpc) is 2.81. The zero-order valence-corrected chi connectivity index (χ0v) is 23.6. The second kappa shape index (κ2) is 16.2. The molecular formula is C29H49N3O4. The second-order valence-corrected chi connectivity index (χ2v) is 10.6. The fourth-order valence-corrected chi connectivity index (χ4v) is 4.08. The van der Waals surface area contributed by atoms with Gasteiger partial charge in [-0.3, -0.25) is 9.59 Å². The summed E-state index contributed by atoms with van der Waals surface area (Å²) in [7, 11) is 0. The molecule has 2 N–H and O–H groups in total. The molecule has 2 atom stereocenters. The van der Waals surface area contributed by atoms with Crippen LogP contribution in [0.2, 0.25) is 0 Å². The first-order valence-electron chi connectivity index (χ1n) is 13.7. The van der Waals surface area contributed by atoms with Crippen molar-refractivity contribution >= 4 is 17.9 Å². The number of aryl methyl sites for hydroxylation is 1. The molecule has 0 saturated carbocycles. The van der Waals surface area contributed by atoms with Crippen molar-refractivity contribution in [3.8, 4) is 0 Å². The molecule has 36 heavy (non-hydrogen) atoms. The number of amides is 3. The molecule has 0 spiro atoms. The molecule has 7 heteroatoms. The molecule has 2 unspecified atom stereocenters. The zero-order chi connectivity index (χ0) is 27.1. The Labute approximate surface area is 218 Å². The van der Waals surface area contributed by atoms with Crippen molar-refractivity contribution in [1.29, 1.82) is 0 Å². The lowest BCUT2D eigenvalue weighted by atomic mass is 10.00. The van der Waals surface area contributed by atoms with E-state index < -0.39 is 17.7 Å². The minimum Gasteiger partial charge on any atom is -0.444 e. The van der Waals surface area contributed by atoms with Gasteiger partial charge in [-0.05, 0) is 58.1 Å². The number of rotatable bonds is 15. The van der Waals surface area contributed by atoms with Crippen LogP contribution >= 0.6 is 0 Å². The van der Waals surface area contributed by atoms with E-state index in [9.17, 15) is 14.4 Å². The molecule has 0 aliphatic rings. The lowest BCUT2D eigenvalue weighted by molar-refractivity contribution is -0.140. The number of alkyl carbamates (subject to hydrolysis) is 1. The summed E-state index contributed by atoms with van der Waals surface area (Å²) in [6, 6.07) is 7.12. The van der Waals surface area contributed by atoms with Crippen molar-refractivity contribution < 1.29 is 19.1 Å². The van der Waals surface area contributed by atoms with Crippen LogP contribution in [0.5, 0.6) is 0 Å². The number of carbonyl (C=O) groups excluding carboxylic acids is 3. The smallest absolute Gasteiger partial charge is 0.408 e. The molecule has 3 amide bonds. The quantitative estimate of drug-likeness (QED) is 0.291. The standard InChI is InChI=1S/C29H49N3O4/c1-8-11-12-13-14-20-32(25(33)21-30-28(35)36-29(5,6)7)26(27(34)31-22(4)15-9-2)24-18-16-23(10-3)17-19-24/h16-19,22,26H,8-15,20-21H2,1-7H3,(H,30,35)(H,31,34). The Morgan fingerprint density at radius 3 is 2.14 bits per heavy atom. The van der Waals surface area contributed by atoms with Crippen LogP contribution in [0.25, 0.3) is 0 Å². The first-order valence-corrected chi connectivity index (χ1v) is 13.7. The largest absolute Gasteiger partial charge is 0.444 e. The summed E-state index contributed by atoms with van der Waals surface area (Å²) >= 11 is 0. The van der Waals surface area contributed by atoms with E-state index in [1.165, 1.54) is 5.56 Å². The van der Waals surface area contributed by atoms with Gasteiger partial charge in [-0.1, -0.05) is 77.1 Å². The number of hydrogen-bond acceptors (Lipinski definition) is 4. The van der Waals surface area contributed by atoms with E-state index in [1.54, 1.807) is 25.7 Å². The predicted octanol–water partition coefficient (Wildman–Crippen LogP) is 5.92. The van der Waals surface area contributed by atoms with Gasteiger partial charge in [-0.2, -0.15) is 0 Å². The van der Waals surface area contributed by atoms with E-state index in [4.69, 9.17) is 4.74 Å². The van der Waals surface area contributed by atoms with Gasteiger partial charge >= 0.3 is 6.09 Å². The molecule has 0 bridgehead atoms. The van der Waals surface area contributed by atoms with Crippen molar-refractivity contribution in [1.82, 2.24) is 15.5 Å². The number of carbonyl (C=O) groups is 3. The van der Waals surface area contributed by atoms with E-state index in [-0.39, 0.29) is 24.4 Å². The molecule has 0 fully saturated rings. The molecule has 1 aromatic carbocycles. The van der Waals surface area contributed by atoms with Gasteiger partial charge in [0.05, 0.1) is 0 Å². The fraction of sp³-hybridized carbons (Fsp3) is 0.690. The summed E-state index contributed by atoms with van der Waals surface area (Å²) in [6.07, 6.45) is 7.19. The topological polar surface area (TPSA) is 87.7 Å². The molecule has 0 radical (unpaired) electrons. The summed E-state index contributed by atoms with van der Waals surface area (Å²) in [5.74, 6) is -0.501. The van der Waals surface area contributed by atoms with Gasteiger partial charge in [0.15, 0.2) is 0 Å². The van der Waals surface area contributed by atoms with Gasteiger partial charge in [0.2, 0.25) is 11.8 Å². The van der Waals surface area contributed by atoms with Gasteiger partial charge in [-0.25, -0.2) is 4.79 Å². The summed E-state index contributed by atoms with van der Waals surface area (Å²) in [4.78, 5) is 40.9. The maximum absolute atomic E-state index is 13.6. The summed E-state index contributed by atoms with van der Waals surface area (Å²) in [5.41, 5.74) is 1.28. The first kappa shape index (κ1) is 31.5. The Morgan fingerprint density at radius 1 is 0.944 bits per heavy atom. The molecule has 0 aliphatic carbocycles. The number of hydrogen-bond donors (Lipinski definition) is 2. The third-order valence-electron chi connectivity index (χ3n) is 5.98. The van der Waals surface area contributed by atoms with Gasteiger partial charge in [0.1, 0.15) is 18.2 Å². The number of benzene rings is 1. The van der Waals surface area contributed by atoms with Crippen molar-refractivity contribution in [2.24, 2.45) is 0 Å². The van der Waals surface area contributed by atoms with E-state index >= 15 is 0 Å². The molecule has 1 rings (SSSR count). The molecule has 0 aliphatic heterocycles. The van der Waals surface area contributed by atoms with Crippen LogP contribution in [0.1, 0.15) is 111 Å². The molecule has 7 nitrogen and oxygen atoms in total. The Balaban J connectivity index is 3.21. The Hall–Kier alpha value is -2.57. The molecule has 0 aromatic heterocycles. The lowest BCUT2D eigenvalue weighted by Crippen LogP contribution is -2.49. The molecule has 0 heterocycles. The highest BCUT2D eigenvalue weighted by atomic mass is 16.6. The third kappa shape index (κ3) is 11.9. The SMILES string of the molecule is CCCCCCCN(C(=O)CNC(=O)OC(C)(C)C)C(C(=O)NC(C)CCC)c1ccc(CC)cc1. The van der Waals surface area contributed by atoms with Crippen molar-refractivity contribution in [2.75, 3.05) is 13.1 Å². The Bertz CT molecular complexity index is 802. The second-order valence-electron chi connectivity index (χ2n) is 10.6. The number of nitrogens with one attached hydrogen (secondary N) is 2. The van der Waals surface area contributed by atoms with E-state index in [0.717, 1.165) is 56.9 Å². The highest BCUT2D eigenvalue weighted by molar-refractivity contribution is 5.90. The Kier molecular flexibility index (Phi) is 14.2. The van der Waals surface area contributed by atoms with Gasteiger partial charge in [-0.15, -0.1) is 0 Å². The molecule has 1 aromatic rings. The van der Waals surface area contributed by atoms with Crippen molar-refractivity contribution in [2.45, 2.75) is 118 Å². The maximum atomic E-state index is 13.6. The van der Waals surface area contributed by atoms with E-state index in [2.05, 4.69) is 31.4 Å². The zero-order valence-electron chi connectivity index (χ0n) is 23.6. The van der Waals surface area contributed by atoms with Crippen molar-refractivity contribution in [3.63, 3.8) is 0 Å². The third-order valence-corrected chi connectivity index (χ3v) is 5.98. The number of ether oxygens (including phenoxy) is 1. The van der Waals surface area contributed by atoms with Crippen LogP contribution in [0, 0.1) is 0 Å². The summed E-state index contributed by atoms with van der Waals surface area (Å²) in [5, 5.41) is 5.68. The highest BCUT2D eigenvalue weighted by Crippen LogP contribution is 2.24. The van der Waals surface area contributed by atoms with Gasteiger partial charge in [0.25, 0.3) is 0 Å². The van der Waals surface area contributed by atoms with Crippen LogP contribution in [0.15, 0.2) is 24.3 Å². The lowest BCUT2D eigenvalue weighted by Gasteiger charge is -2.32. The molecule has 204 valence electrons. The van der Waals surface area contributed by atoms with Crippen LogP contribution < -0.4 is 10.6 Å². The summed E-state index contributed by atoms with van der Waals surface area (Å²) < 4.78 is 5.29. The van der Waals surface area contributed by atoms with Gasteiger partial charge < -0.3 is 20.3 Å². The number of nitrogens with zero attached hydrogens (tertiary/aromatic N) is 1. The van der Waals surface area contributed by atoms with E-state index in [0.29, 0.717) is 6.54 Å². The van der Waals surface area contributed by atoms with Crippen LogP contribution in [-0.2, 0) is 20.7 Å². The first-order chi connectivity index (χ1) is 17.0. The fourth-order valence-electron chi connectivity index (χ4n) is 4.08. The molecule has 0 saturated heterocycles. The van der Waals surface area contributed by atoms with Crippen molar-refractivity contribution in [3.05, 3.63) is 35.4 Å². The predicted molar refractivity (Wildman–Crippen MR) is 146 cm³/mol. The minimum absolute atomic E-state index is 0.00121.